The number of carbonyl (C=O) groups excluding carboxylic acids is 2. The summed E-state index contributed by atoms with van der Waals surface area (Å²) in [5.41, 5.74) is 1.33. The van der Waals surface area contributed by atoms with Crippen molar-refractivity contribution in [1.82, 2.24) is 9.88 Å². The van der Waals surface area contributed by atoms with Crippen LogP contribution < -0.4 is 0 Å². The molecular formula is C23H21FN2O5. The van der Waals surface area contributed by atoms with Crippen LogP contribution in [-0.2, 0) is 14.3 Å². The normalized spacial score (nSPS) is 14.8. The van der Waals surface area contributed by atoms with E-state index < -0.39 is 12.1 Å². The minimum Gasteiger partial charge on any atom is -0.449 e. The van der Waals surface area contributed by atoms with Gasteiger partial charge in [0.05, 0.1) is 30.5 Å². The maximum atomic E-state index is 13.2. The fourth-order valence-electron chi connectivity index (χ4n) is 3.31. The molecule has 0 aliphatic carbocycles. The second-order valence-corrected chi connectivity index (χ2v) is 7.07. The van der Waals surface area contributed by atoms with Crippen molar-refractivity contribution in [3.05, 3.63) is 66.1 Å². The van der Waals surface area contributed by atoms with E-state index in [2.05, 4.69) is 4.98 Å². The topological polar surface area (TPSA) is 81.9 Å². The Morgan fingerprint density at radius 3 is 2.55 bits per heavy atom. The SMILES string of the molecule is C[C@H](OC(=O)c1ccccc1-c1ncc(-c2ccc(F)cc2)o1)C(=O)N1CCOCC1. The lowest BCUT2D eigenvalue weighted by molar-refractivity contribution is -0.143. The van der Waals surface area contributed by atoms with E-state index in [0.29, 0.717) is 43.2 Å². The molecule has 1 fully saturated rings. The number of halogens is 1. The van der Waals surface area contributed by atoms with Gasteiger partial charge in [-0.25, -0.2) is 14.2 Å². The zero-order chi connectivity index (χ0) is 21.8. The number of esters is 1. The lowest BCUT2D eigenvalue weighted by Crippen LogP contribution is -2.46. The van der Waals surface area contributed by atoms with E-state index in [1.54, 1.807) is 48.2 Å². The van der Waals surface area contributed by atoms with E-state index in [1.807, 2.05) is 0 Å². The molecule has 1 saturated heterocycles. The summed E-state index contributed by atoms with van der Waals surface area (Å²) < 4.78 is 29.7. The van der Waals surface area contributed by atoms with Crippen LogP contribution in [0.15, 0.2) is 59.1 Å². The first-order chi connectivity index (χ1) is 15.0. The van der Waals surface area contributed by atoms with Gasteiger partial charge in [0.25, 0.3) is 5.91 Å². The fourth-order valence-corrected chi connectivity index (χ4v) is 3.31. The summed E-state index contributed by atoms with van der Waals surface area (Å²) in [6.45, 7) is 3.43. The van der Waals surface area contributed by atoms with Crippen molar-refractivity contribution < 1.29 is 27.9 Å². The number of hydrogen-bond donors (Lipinski definition) is 0. The van der Waals surface area contributed by atoms with Gasteiger partial charge in [-0.1, -0.05) is 12.1 Å². The molecule has 160 valence electrons. The van der Waals surface area contributed by atoms with Gasteiger partial charge in [-0.15, -0.1) is 0 Å². The lowest BCUT2D eigenvalue weighted by Gasteiger charge is -2.29. The number of morpholine rings is 1. The molecule has 1 aliphatic heterocycles. The minimum atomic E-state index is -0.932. The van der Waals surface area contributed by atoms with E-state index in [4.69, 9.17) is 13.9 Å². The number of amides is 1. The molecule has 4 rings (SSSR count). The average molecular weight is 424 g/mol. The second-order valence-electron chi connectivity index (χ2n) is 7.07. The van der Waals surface area contributed by atoms with Gasteiger partial charge in [-0.2, -0.15) is 0 Å². The fraction of sp³-hybridized carbons (Fsp3) is 0.261. The summed E-state index contributed by atoms with van der Waals surface area (Å²) in [6.07, 6.45) is 0.577. The molecule has 0 bridgehead atoms. The van der Waals surface area contributed by atoms with Gasteiger partial charge >= 0.3 is 5.97 Å². The van der Waals surface area contributed by atoms with Gasteiger partial charge in [0, 0.05) is 18.7 Å². The molecule has 1 atom stereocenters. The van der Waals surface area contributed by atoms with Crippen LogP contribution in [-0.4, -0.2) is 54.2 Å². The lowest BCUT2D eigenvalue weighted by atomic mass is 10.1. The van der Waals surface area contributed by atoms with Crippen molar-refractivity contribution in [1.29, 1.82) is 0 Å². The zero-order valence-corrected chi connectivity index (χ0v) is 16.9. The number of nitrogens with zero attached hydrogens (tertiary/aromatic N) is 2. The molecule has 1 aliphatic rings. The number of rotatable bonds is 5. The Labute approximate surface area is 178 Å². The highest BCUT2D eigenvalue weighted by molar-refractivity contribution is 5.97. The molecule has 0 radical (unpaired) electrons. The van der Waals surface area contributed by atoms with E-state index in [1.165, 1.54) is 18.3 Å². The van der Waals surface area contributed by atoms with E-state index in [0.717, 1.165) is 0 Å². The molecule has 1 amide bonds. The Morgan fingerprint density at radius 1 is 1.10 bits per heavy atom. The third-order valence-electron chi connectivity index (χ3n) is 4.97. The molecule has 3 aromatic rings. The minimum absolute atomic E-state index is 0.221. The Hall–Kier alpha value is -3.52. The molecule has 8 heteroatoms. The van der Waals surface area contributed by atoms with Crippen molar-refractivity contribution in [2.75, 3.05) is 26.3 Å². The summed E-state index contributed by atoms with van der Waals surface area (Å²) in [5.74, 6) is -0.597. The highest BCUT2D eigenvalue weighted by atomic mass is 19.1. The summed E-state index contributed by atoms with van der Waals surface area (Å²) in [6, 6.07) is 12.5. The highest BCUT2D eigenvalue weighted by Crippen LogP contribution is 2.29. The standard InChI is InChI=1S/C23H21FN2O5/c1-15(22(27)26-10-12-29-13-11-26)30-23(28)19-5-3-2-4-18(19)21-25-14-20(31-21)16-6-8-17(24)9-7-16/h2-9,14-15H,10-13H2,1H3/t15-/m0/s1. The van der Waals surface area contributed by atoms with Crippen molar-refractivity contribution in [3.63, 3.8) is 0 Å². The van der Waals surface area contributed by atoms with E-state index in [-0.39, 0.29) is 23.2 Å². The number of aromatic nitrogens is 1. The van der Waals surface area contributed by atoms with Crippen LogP contribution in [0.25, 0.3) is 22.8 Å². The molecule has 7 nitrogen and oxygen atoms in total. The summed E-state index contributed by atoms with van der Waals surface area (Å²) in [7, 11) is 0. The van der Waals surface area contributed by atoms with Gasteiger partial charge in [0.15, 0.2) is 11.9 Å². The van der Waals surface area contributed by atoms with Crippen molar-refractivity contribution in [2.45, 2.75) is 13.0 Å². The van der Waals surface area contributed by atoms with E-state index in [9.17, 15) is 14.0 Å². The molecule has 0 N–H and O–H groups in total. The Balaban J connectivity index is 1.52. The van der Waals surface area contributed by atoms with Gasteiger partial charge in [-0.3, -0.25) is 4.79 Å². The first kappa shape index (κ1) is 20.7. The first-order valence-corrected chi connectivity index (χ1v) is 9.91. The quantitative estimate of drug-likeness (QED) is 0.583. The number of ether oxygens (including phenoxy) is 2. The van der Waals surface area contributed by atoms with Gasteiger partial charge in [0.1, 0.15) is 5.82 Å². The van der Waals surface area contributed by atoms with Crippen LogP contribution in [0.5, 0.6) is 0 Å². The molecule has 1 aromatic heterocycles. The smallest absolute Gasteiger partial charge is 0.339 e. The molecule has 0 spiro atoms. The van der Waals surface area contributed by atoms with Gasteiger partial charge in [-0.05, 0) is 43.3 Å². The molecular weight excluding hydrogens is 403 g/mol. The van der Waals surface area contributed by atoms with Crippen LogP contribution in [0.1, 0.15) is 17.3 Å². The maximum absolute atomic E-state index is 13.2. The third kappa shape index (κ3) is 4.64. The first-order valence-electron chi connectivity index (χ1n) is 9.91. The number of hydrogen-bond acceptors (Lipinski definition) is 6. The Morgan fingerprint density at radius 2 is 1.81 bits per heavy atom. The van der Waals surface area contributed by atoms with Gasteiger partial charge < -0.3 is 18.8 Å². The third-order valence-corrected chi connectivity index (χ3v) is 4.97. The number of benzene rings is 2. The molecule has 0 unspecified atom stereocenters. The Bertz CT molecular complexity index is 1070. The van der Waals surface area contributed by atoms with E-state index >= 15 is 0 Å². The molecule has 2 aromatic carbocycles. The Kier molecular flexibility index (Phi) is 6.08. The van der Waals surface area contributed by atoms with Crippen molar-refractivity contribution >= 4 is 11.9 Å². The van der Waals surface area contributed by atoms with Crippen molar-refractivity contribution in [3.8, 4) is 22.8 Å². The largest absolute Gasteiger partial charge is 0.449 e. The van der Waals surface area contributed by atoms with Crippen LogP contribution in [0.2, 0.25) is 0 Å². The predicted molar refractivity (Wildman–Crippen MR) is 110 cm³/mol. The number of oxazole rings is 1. The maximum Gasteiger partial charge on any atom is 0.339 e. The highest BCUT2D eigenvalue weighted by Gasteiger charge is 2.27. The van der Waals surface area contributed by atoms with Gasteiger partial charge in [0.2, 0.25) is 5.89 Å². The monoisotopic (exact) mass is 424 g/mol. The zero-order valence-electron chi connectivity index (χ0n) is 16.9. The summed E-state index contributed by atoms with van der Waals surface area (Å²) >= 11 is 0. The molecule has 31 heavy (non-hydrogen) atoms. The number of carbonyl (C=O) groups is 2. The van der Waals surface area contributed by atoms with Crippen molar-refractivity contribution in [2.24, 2.45) is 0 Å². The van der Waals surface area contributed by atoms with Crippen LogP contribution in [0.3, 0.4) is 0 Å². The van der Waals surface area contributed by atoms with Crippen LogP contribution in [0, 0.1) is 5.82 Å². The molecule has 0 saturated carbocycles. The van der Waals surface area contributed by atoms with Crippen LogP contribution >= 0.6 is 0 Å². The predicted octanol–water partition coefficient (Wildman–Crippen LogP) is 3.55. The summed E-state index contributed by atoms with van der Waals surface area (Å²) in [5, 5.41) is 0. The summed E-state index contributed by atoms with van der Waals surface area (Å²) in [4.78, 5) is 31.2. The molecule has 2 heterocycles. The average Bonchev–Trinajstić information content (AvgIpc) is 3.29. The second kappa shape index (κ2) is 9.09. The van der Waals surface area contributed by atoms with Crippen LogP contribution in [0.4, 0.5) is 4.39 Å².